The first kappa shape index (κ1) is 77.4. The number of Topliss-reactive ketones (excluding diaryl/α,β-unsaturated/α-hetero) is 4. The molecule has 57 heavy (non-hydrogen) atoms. The summed E-state index contributed by atoms with van der Waals surface area (Å²) in [6.45, 7) is 19.4. The van der Waals surface area contributed by atoms with Crippen molar-refractivity contribution in [3.63, 3.8) is 0 Å². The molecule has 1 amide bonds. The first-order chi connectivity index (χ1) is 23.8. The van der Waals surface area contributed by atoms with Gasteiger partial charge in [0.25, 0.3) is 5.91 Å². The molecule has 17 nitrogen and oxygen atoms in total. The van der Waals surface area contributed by atoms with Crippen molar-refractivity contribution in [2.45, 2.75) is 134 Å². The average Bonchev–Trinajstić information content (AvgIpc) is 2.99. The van der Waals surface area contributed by atoms with E-state index in [-0.39, 0.29) is 48.1 Å². The van der Waals surface area contributed by atoms with Gasteiger partial charge in [-0.05, 0) is 103 Å². The number of rotatable bonds is 11. The third-order valence-corrected chi connectivity index (χ3v) is 17.4. The van der Waals surface area contributed by atoms with Crippen LogP contribution < -0.4 is 5.48 Å². The van der Waals surface area contributed by atoms with Gasteiger partial charge in [-0.25, -0.2) is 10.3 Å². The van der Waals surface area contributed by atoms with Gasteiger partial charge in [0.2, 0.25) is 0 Å². The molecule has 24 heteroatoms. The highest BCUT2D eigenvalue weighted by Crippen LogP contribution is 2.50. The molecule has 11 N–H and O–H groups in total. The summed E-state index contributed by atoms with van der Waals surface area (Å²) < 4.78 is 68.4. The van der Waals surface area contributed by atoms with Crippen LogP contribution in [0.1, 0.15) is 105 Å². The van der Waals surface area contributed by atoms with Crippen molar-refractivity contribution in [1.29, 1.82) is 0 Å². The van der Waals surface area contributed by atoms with Gasteiger partial charge in [-0.3, -0.25) is 65.6 Å². The van der Waals surface area contributed by atoms with Crippen LogP contribution in [0, 0.1) is 0 Å². The van der Waals surface area contributed by atoms with Gasteiger partial charge in [-0.15, -0.1) is 0 Å². The molecule has 356 valence electrons. The van der Waals surface area contributed by atoms with Gasteiger partial charge >= 0.3 is 5.97 Å². The number of carboxylic acid groups (broad SMARTS) is 1. The first-order valence-electron chi connectivity index (χ1n) is 15.5. The lowest BCUT2D eigenvalue weighted by molar-refractivity contribution is -0.139. The summed E-state index contributed by atoms with van der Waals surface area (Å²) in [7, 11) is -11.4. The molecule has 0 aromatic rings. The van der Waals surface area contributed by atoms with Crippen molar-refractivity contribution in [3.8, 4) is 0 Å². The van der Waals surface area contributed by atoms with E-state index in [0.717, 1.165) is 12.5 Å². The van der Waals surface area contributed by atoms with E-state index < -0.39 is 73.7 Å². The molecule has 0 saturated carbocycles. The number of ketones is 4. The molecular weight excluding hydrogens is 939 g/mol. The summed E-state index contributed by atoms with van der Waals surface area (Å²) in [4.78, 5) is 63.0. The molecule has 0 saturated heterocycles. The van der Waals surface area contributed by atoms with Gasteiger partial charge in [0.15, 0.2) is 16.3 Å². The van der Waals surface area contributed by atoms with Gasteiger partial charge in [0.1, 0.15) is 26.3 Å². The lowest BCUT2D eigenvalue weighted by atomic mass is 10.1. The molecule has 0 aliphatic rings. The standard InChI is InChI=1S/C6H14O3S.C5H13NO4S.C5H12O4S.C5H12O3S.C5H10OS.C4H7BrO.CH4S.2CH4/c1-5(7)6(2,3)10(4,8)9;1-5(2,4(7)6-8)11(3,9)10;1-5(2,4(6)7)10(3,8)9;1-4(6)5(2)9(3,7)8;1-4(6)5(2)7-3;1-3(5)4(2)6;1-2;;/h8-9H,1-4H3;8-10H,1-3H3,(H,6,7);8-9H,1-3H3,(H,6,7);5,7-8H,1-3H3;5H,1-3H3;3H,1-2H3;2H,1H3;2*1H4. The maximum absolute atomic E-state index is 10.8. The van der Waals surface area contributed by atoms with Crippen molar-refractivity contribution in [3.05, 3.63) is 0 Å². The fourth-order valence-corrected chi connectivity index (χ4v) is 3.46. The third kappa shape index (κ3) is 36.2. The van der Waals surface area contributed by atoms with Crippen LogP contribution in [0.25, 0.3) is 0 Å². The molecule has 0 aromatic carbocycles. The summed E-state index contributed by atoms with van der Waals surface area (Å²) in [5, 5.41) is 16.3. The van der Waals surface area contributed by atoms with Crippen LogP contribution in [-0.4, -0.2) is 149 Å². The van der Waals surface area contributed by atoms with E-state index in [2.05, 4.69) is 28.6 Å². The predicted molar refractivity (Wildman–Crippen MR) is 257 cm³/mol. The van der Waals surface area contributed by atoms with Gasteiger partial charge in [0, 0.05) is 25.0 Å². The summed E-state index contributed by atoms with van der Waals surface area (Å²) in [5.41, 5.74) is 1.37. The van der Waals surface area contributed by atoms with E-state index in [4.69, 9.17) is 46.7 Å². The van der Waals surface area contributed by atoms with Crippen LogP contribution >= 0.6 is 82.7 Å². The Morgan fingerprint density at radius 1 is 0.614 bits per heavy atom. The molecule has 0 heterocycles. The Morgan fingerprint density at radius 2 is 0.877 bits per heavy atom. The summed E-state index contributed by atoms with van der Waals surface area (Å²) in [5.74, 6) is -1.95. The minimum atomic E-state index is -3.00. The van der Waals surface area contributed by atoms with Crippen LogP contribution in [0.3, 0.4) is 0 Å². The highest BCUT2D eigenvalue weighted by molar-refractivity contribution is 9.10. The number of hydroxylamine groups is 1. The van der Waals surface area contributed by atoms with Crippen LogP contribution in [0.2, 0.25) is 0 Å². The number of carbonyl (C=O) groups is 6. The first-order valence-corrected chi connectivity index (χ1v) is 26.5. The molecule has 0 rings (SSSR count). The second kappa shape index (κ2) is 33.5. The Labute approximate surface area is 368 Å². The van der Waals surface area contributed by atoms with Crippen molar-refractivity contribution in [1.82, 2.24) is 5.48 Å². The summed E-state index contributed by atoms with van der Waals surface area (Å²) in [6, 6.07) is 0. The number of hydrogen-bond donors (Lipinski definition) is 12. The topological polar surface area (TPSA) is 317 Å². The third-order valence-electron chi connectivity index (χ3n) is 7.64. The summed E-state index contributed by atoms with van der Waals surface area (Å²) >= 11 is 8.20. The van der Waals surface area contributed by atoms with Crippen molar-refractivity contribution in [2.24, 2.45) is 0 Å². The van der Waals surface area contributed by atoms with Crippen LogP contribution in [0.4, 0.5) is 0 Å². The van der Waals surface area contributed by atoms with Crippen LogP contribution in [0.15, 0.2) is 0 Å². The second-order valence-electron chi connectivity index (χ2n) is 13.2. The number of thiol groups is 1. The highest BCUT2D eigenvalue weighted by Gasteiger charge is 2.39. The maximum Gasteiger partial charge on any atom is 0.328 e. The van der Waals surface area contributed by atoms with Gasteiger partial charge in [-0.2, -0.15) is 66.7 Å². The predicted octanol–water partition coefficient (Wildman–Crippen LogP) is 9.46. The number of carboxylic acids is 1. The second-order valence-corrected chi connectivity index (χ2v) is 26.3. The molecule has 0 aliphatic carbocycles. The van der Waals surface area contributed by atoms with Gasteiger partial charge in [-0.1, -0.05) is 30.8 Å². The SMILES string of the molecule is C.C.CC(=O)C(C)(C)S(C)(O)O.CC(=O)C(C)Br.CC(=O)C(C)S(C)(O)O.CC(C)(C(=O)NO)S(C)(O)O.CC(C)(C(=O)O)S(C)(O)O.CS.CSC(C)C(C)=O. The molecule has 0 aliphatic heterocycles. The van der Waals surface area contributed by atoms with Gasteiger partial charge < -0.3 is 5.11 Å². The zero-order valence-corrected chi connectivity index (χ0v) is 42.1. The lowest BCUT2D eigenvalue weighted by Gasteiger charge is -2.41. The van der Waals surface area contributed by atoms with Crippen molar-refractivity contribution >= 4 is 118 Å². The fraction of sp³-hybridized carbons (Fsp3) is 0.818. The molecule has 0 spiro atoms. The number of carbonyl (C=O) groups excluding carboxylic acids is 5. The Bertz CT molecular complexity index is 1130. The quantitative estimate of drug-likeness (QED) is 0.0397. The van der Waals surface area contributed by atoms with Crippen LogP contribution in [-0.2, 0) is 28.8 Å². The minimum absolute atomic E-state index is 0. The van der Waals surface area contributed by atoms with E-state index in [1.807, 2.05) is 20.1 Å². The number of hydrogen-bond acceptors (Lipinski definition) is 17. The molecule has 0 radical (unpaired) electrons. The van der Waals surface area contributed by atoms with Crippen LogP contribution in [0.5, 0.6) is 0 Å². The average molecular weight is 1020 g/mol. The summed E-state index contributed by atoms with van der Waals surface area (Å²) in [6.07, 6.45) is 8.48. The monoisotopic (exact) mass is 1020 g/mol. The minimum Gasteiger partial charge on any atom is -0.480 e. The fourth-order valence-electron chi connectivity index (χ4n) is 1.23. The number of halogens is 1. The number of nitrogens with one attached hydrogen (secondary N) is 1. The van der Waals surface area contributed by atoms with E-state index >= 15 is 0 Å². The zero-order chi connectivity index (χ0) is 47.1. The smallest absolute Gasteiger partial charge is 0.328 e. The molecule has 0 aromatic heterocycles. The highest BCUT2D eigenvalue weighted by atomic mass is 79.9. The van der Waals surface area contributed by atoms with E-state index in [1.54, 1.807) is 31.9 Å². The Morgan fingerprint density at radius 3 is 0.895 bits per heavy atom. The van der Waals surface area contributed by atoms with Crippen molar-refractivity contribution in [2.75, 3.05) is 37.5 Å². The largest absolute Gasteiger partial charge is 0.480 e. The number of thioether (sulfide) groups is 1. The van der Waals surface area contributed by atoms with E-state index in [9.17, 15) is 28.8 Å². The molecule has 0 bridgehead atoms. The Balaban J connectivity index is -0.0000000688. The van der Waals surface area contributed by atoms with Gasteiger partial charge in [0.05, 0.1) is 10.1 Å². The number of aliphatic carboxylic acids is 1. The van der Waals surface area contributed by atoms with Crippen molar-refractivity contribution < 1.29 is 75.5 Å². The maximum atomic E-state index is 10.8. The molecular formula is C33H80BrNO16S6. The van der Waals surface area contributed by atoms with E-state index in [1.165, 1.54) is 80.3 Å². The Hall–Kier alpha value is -0.160. The normalized spacial score (nSPS) is 13.9. The lowest BCUT2D eigenvalue weighted by Crippen LogP contribution is -2.44. The number of alkyl halides is 1. The molecule has 3 unspecified atom stereocenters. The zero-order valence-electron chi connectivity index (χ0n) is 35.5. The molecule has 0 fully saturated rings. The Kier molecular flexibility index (Phi) is 45.5. The van der Waals surface area contributed by atoms with E-state index in [0.29, 0.717) is 0 Å². The number of amides is 1. The molecule has 3 atom stereocenters.